The third-order valence-electron chi connectivity index (χ3n) is 8.14. The molecule has 45 heavy (non-hydrogen) atoms. The van der Waals surface area contributed by atoms with Crippen molar-refractivity contribution in [2.24, 2.45) is 0 Å². The van der Waals surface area contributed by atoms with Gasteiger partial charge in [-0.2, -0.15) is 0 Å². The third-order valence-corrected chi connectivity index (χ3v) is 8.14. The van der Waals surface area contributed by atoms with Crippen LogP contribution in [-0.2, 0) is 9.59 Å². The summed E-state index contributed by atoms with van der Waals surface area (Å²) >= 11 is 0. The van der Waals surface area contributed by atoms with Gasteiger partial charge < -0.3 is 9.47 Å². The number of hydrogen-bond acceptors (Lipinski definition) is 6. The molecule has 0 amide bonds. The Labute approximate surface area is 271 Å². The molecule has 1 aliphatic rings. The maximum absolute atomic E-state index is 13.2. The largest absolute Gasteiger partial charge is 0.427 e. The van der Waals surface area contributed by atoms with Crippen LogP contribution in [0.5, 0.6) is 11.5 Å². The predicted octanol–water partition coefficient (Wildman–Crippen LogP) is 10.8. The molecule has 2 aromatic carbocycles. The standard InChI is InChI=1S/C37H50O6.C2H6/c1-3-5-7-9-10-11-12-13-14-15-17-19-21-35(39)43-29-23-25-31-33(27-29)37(41)30-24-22-28(26-32(30)36(31)40)42-34(38)20-18-16-8-6-4-2;1-2/h22-27H,3-21H2,1-2H3;1-2H3. The van der Waals surface area contributed by atoms with Gasteiger partial charge in [0.2, 0.25) is 0 Å². The highest BCUT2D eigenvalue weighted by Crippen LogP contribution is 2.32. The quantitative estimate of drug-likeness (QED) is 0.0669. The molecule has 0 saturated heterocycles. The van der Waals surface area contributed by atoms with Crippen molar-refractivity contribution in [2.45, 2.75) is 150 Å². The summed E-state index contributed by atoms with van der Waals surface area (Å²) in [4.78, 5) is 51.2. The van der Waals surface area contributed by atoms with Crippen LogP contribution in [0.2, 0.25) is 0 Å². The second-order valence-corrected chi connectivity index (χ2v) is 11.8. The van der Waals surface area contributed by atoms with Crippen LogP contribution >= 0.6 is 0 Å². The number of carbonyl (C=O) groups excluding carboxylic acids is 4. The number of unbranched alkanes of at least 4 members (excludes halogenated alkanes) is 15. The summed E-state index contributed by atoms with van der Waals surface area (Å²) in [5, 5.41) is 0. The number of fused-ring (bicyclic) bond motifs is 2. The van der Waals surface area contributed by atoms with Crippen LogP contribution in [-0.4, -0.2) is 23.5 Å². The van der Waals surface area contributed by atoms with Crippen LogP contribution in [0.25, 0.3) is 0 Å². The Morgan fingerprint density at radius 2 is 0.778 bits per heavy atom. The van der Waals surface area contributed by atoms with Crippen LogP contribution in [0, 0.1) is 0 Å². The summed E-state index contributed by atoms with van der Waals surface area (Å²) in [7, 11) is 0. The zero-order chi connectivity index (χ0) is 32.9. The van der Waals surface area contributed by atoms with E-state index in [4.69, 9.17) is 9.47 Å². The maximum atomic E-state index is 13.2. The molecule has 0 aromatic heterocycles. The molecule has 0 spiro atoms. The van der Waals surface area contributed by atoms with Crippen molar-refractivity contribution < 1.29 is 28.7 Å². The van der Waals surface area contributed by atoms with Crippen LogP contribution in [0.1, 0.15) is 182 Å². The smallest absolute Gasteiger partial charge is 0.311 e. The van der Waals surface area contributed by atoms with Crippen LogP contribution < -0.4 is 9.47 Å². The van der Waals surface area contributed by atoms with Crippen molar-refractivity contribution in [3.05, 3.63) is 58.7 Å². The lowest BCUT2D eigenvalue weighted by molar-refractivity contribution is -0.135. The molecule has 0 heterocycles. The third kappa shape index (κ3) is 13.3. The summed E-state index contributed by atoms with van der Waals surface area (Å²) in [6, 6.07) is 9.09. The molecule has 0 bridgehead atoms. The molecule has 3 rings (SSSR count). The first-order valence-corrected chi connectivity index (χ1v) is 17.7. The molecular weight excluding hydrogens is 564 g/mol. The number of benzene rings is 2. The van der Waals surface area contributed by atoms with Gasteiger partial charge in [0.05, 0.1) is 0 Å². The maximum Gasteiger partial charge on any atom is 0.311 e. The van der Waals surface area contributed by atoms with E-state index in [0.29, 0.717) is 12.8 Å². The van der Waals surface area contributed by atoms with Crippen molar-refractivity contribution >= 4 is 23.5 Å². The minimum absolute atomic E-state index is 0.211. The van der Waals surface area contributed by atoms with Crippen LogP contribution in [0.3, 0.4) is 0 Å². The van der Waals surface area contributed by atoms with Crippen molar-refractivity contribution in [3.8, 4) is 11.5 Å². The van der Waals surface area contributed by atoms with Crippen molar-refractivity contribution in [3.63, 3.8) is 0 Å². The first kappa shape index (κ1) is 37.9. The normalized spacial score (nSPS) is 11.7. The molecule has 0 fully saturated rings. The fraction of sp³-hybridized carbons (Fsp3) is 0.590. The van der Waals surface area contributed by atoms with Crippen molar-refractivity contribution in [1.29, 1.82) is 0 Å². The highest BCUT2D eigenvalue weighted by molar-refractivity contribution is 6.28. The fourth-order valence-corrected chi connectivity index (χ4v) is 5.58. The average Bonchev–Trinajstić information content (AvgIpc) is 3.05. The van der Waals surface area contributed by atoms with E-state index in [1.807, 2.05) is 13.8 Å². The Balaban J connectivity index is 0.00000345. The monoisotopic (exact) mass is 620 g/mol. The van der Waals surface area contributed by atoms with E-state index in [2.05, 4.69) is 13.8 Å². The first-order valence-electron chi connectivity index (χ1n) is 17.7. The van der Waals surface area contributed by atoms with E-state index in [-0.39, 0.29) is 57.3 Å². The summed E-state index contributed by atoms with van der Waals surface area (Å²) in [5.41, 5.74) is 0.918. The van der Waals surface area contributed by atoms with E-state index in [1.165, 1.54) is 82.1 Å². The molecule has 1 aliphatic carbocycles. The topological polar surface area (TPSA) is 86.7 Å². The fourth-order valence-electron chi connectivity index (χ4n) is 5.58. The molecule has 0 aliphatic heterocycles. The molecule has 2 aromatic rings. The number of ether oxygens (including phenoxy) is 2. The average molecular weight is 621 g/mol. The molecule has 6 heteroatoms. The minimum atomic E-state index is -0.346. The number of rotatable bonds is 21. The van der Waals surface area contributed by atoms with Gasteiger partial charge in [0, 0.05) is 35.1 Å². The van der Waals surface area contributed by atoms with Gasteiger partial charge in [-0.1, -0.05) is 124 Å². The number of esters is 2. The number of hydrogen-bond donors (Lipinski definition) is 0. The molecule has 0 saturated carbocycles. The predicted molar refractivity (Wildman–Crippen MR) is 181 cm³/mol. The molecule has 0 radical (unpaired) electrons. The van der Waals surface area contributed by atoms with Gasteiger partial charge in [-0.3, -0.25) is 19.2 Å². The SMILES string of the molecule is CC.CCCCCCCCCCCCCCC(=O)Oc1ccc2c(c1)C(=O)c1ccc(OC(=O)CCCCCCC)cc1C2=O. The summed E-state index contributed by atoms with van der Waals surface area (Å²) in [6.07, 6.45) is 20.5. The van der Waals surface area contributed by atoms with Gasteiger partial charge in [-0.25, -0.2) is 0 Å². The Morgan fingerprint density at radius 3 is 1.11 bits per heavy atom. The molecule has 0 atom stereocenters. The van der Waals surface area contributed by atoms with Gasteiger partial charge >= 0.3 is 11.9 Å². The van der Waals surface area contributed by atoms with Gasteiger partial charge in [0.25, 0.3) is 0 Å². The Bertz CT molecular complexity index is 1210. The Hall–Kier alpha value is -3.28. The number of carbonyl (C=O) groups is 4. The molecular formula is C39H56O6. The summed E-state index contributed by atoms with van der Waals surface area (Å²) in [6.45, 7) is 8.39. The lowest BCUT2D eigenvalue weighted by atomic mass is 9.84. The second-order valence-electron chi connectivity index (χ2n) is 11.8. The van der Waals surface area contributed by atoms with Crippen LogP contribution in [0.4, 0.5) is 0 Å². The van der Waals surface area contributed by atoms with Crippen LogP contribution in [0.15, 0.2) is 36.4 Å². The lowest BCUT2D eigenvalue weighted by Gasteiger charge is -2.19. The summed E-state index contributed by atoms with van der Waals surface area (Å²) in [5.74, 6) is -0.809. The highest BCUT2D eigenvalue weighted by atomic mass is 16.5. The summed E-state index contributed by atoms with van der Waals surface area (Å²) < 4.78 is 11.0. The Morgan fingerprint density at radius 1 is 0.467 bits per heavy atom. The zero-order valence-corrected chi connectivity index (χ0v) is 28.3. The van der Waals surface area contributed by atoms with E-state index < -0.39 is 0 Å². The molecule has 0 N–H and O–H groups in total. The van der Waals surface area contributed by atoms with Gasteiger partial charge in [0.1, 0.15) is 11.5 Å². The highest BCUT2D eigenvalue weighted by Gasteiger charge is 2.31. The lowest BCUT2D eigenvalue weighted by Crippen LogP contribution is -2.21. The van der Waals surface area contributed by atoms with Gasteiger partial charge in [-0.15, -0.1) is 0 Å². The second kappa shape index (κ2) is 22.3. The van der Waals surface area contributed by atoms with Crippen molar-refractivity contribution in [1.82, 2.24) is 0 Å². The van der Waals surface area contributed by atoms with E-state index in [0.717, 1.165) is 51.4 Å². The van der Waals surface area contributed by atoms with Gasteiger partial charge in [-0.05, 0) is 49.2 Å². The first-order chi connectivity index (χ1) is 21.9. The van der Waals surface area contributed by atoms with E-state index >= 15 is 0 Å². The zero-order valence-electron chi connectivity index (χ0n) is 28.3. The molecule has 6 nitrogen and oxygen atoms in total. The minimum Gasteiger partial charge on any atom is -0.427 e. The van der Waals surface area contributed by atoms with Gasteiger partial charge in [0.15, 0.2) is 11.6 Å². The number of ketones is 2. The Kier molecular flexibility index (Phi) is 18.8. The molecule has 0 unspecified atom stereocenters. The van der Waals surface area contributed by atoms with E-state index in [1.54, 1.807) is 12.1 Å². The van der Waals surface area contributed by atoms with Crippen molar-refractivity contribution in [2.75, 3.05) is 0 Å². The molecule has 248 valence electrons. The van der Waals surface area contributed by atoms with E-state index in [9.17, 15) is 19.2 Å².